The highest BCUT2D eigenvalue weighted by Crippen LogP contribution is 2.20. The summed E-state index contributed by atoms with van der Waals surface area (Å²) in [7, 11) is 0. The SMILES string of the molecule is NC(=O)c1cccnc1NC(C(=O)O)c1ccccc1. The van der Waals surface area contributed by atoms with Gasteiger partial charge in [0.25, 0.3) is 5.91 Å². The predicted molar refractivity (Wildman–Crippen MR) is 73.2 cm³/mol. The first-order valence-corrected chi connectivity index (χ1v) is 5.88. The van der Waals surface area contributed by atoms with Gasteiger partial charge in [-0.2, -0.15) is 0 Å². The van der Waals surface area contributed by atoms with Gasteiger partial charge in [-0.3, -0.25) is 4.79 Å². The Kier molecular flexibility index (Phi) is 3.95. The van der Waals surface area contributed by atoms with E-state index in [9.17, 15) is 14.7 Å². The molecule has 6 heteroatoms. The van der Waals surface area contributed by atoms with Crippen molar-refractivity contribution >= 4 is 17.7 Å². The summed E-state index contributed by atoms with van der Waals surface area (Å²) in [5.41, 5.74) is 5.94. The van der Waals surface area contributed by atoms with Crippen molar-refractivity contribution in [2.75, 3.05) is 5.32 Å². The van der Waals surface area contributed by atoms with E-state index in [-0.39, 0.29) is 11.4 Å². The van der Waals surface area contributed by atoms with Crippen molar-refractivity contribution in [1.82, 2.24) is 4.98 Å². The molecule has 2 aromatic rings. The lowest BCUT2D eigenvalue weighted by Gasteiger charge is -2.16. The maximum Gasteiger partial charge on any atom is 0.330 e. The van der Waals surface area contributed by atoms with Gasteiger partial charge in [-0.1, -0.05) is 30.3 Å². The van der Waals surface area contributed by atoms with Crippen LogP contribution in [-0.2, 0) is 4.79 Å². The number of rotatable bonds is 5. The topological polar surface area (TPSA) is 105 Å². The Morgan fingerprint density at radius 3 is 2.45 bits per heavy atom. The van der Waals surface area contributed by atoms with Gasteiger partial charge in [0.1, 0.15) is 5.82 Å². The van der Waals surface area contributed by atoms with Crippen LogP contribution >= 0.6 is 0 Å². The van der Waals surface area contributed by atoms with Gasteiger partial charge in [0.15, 0.2) is 6.04 Å². The summed E-state index contributed by atoms with van der Waals surface area (Å²) < 4.78 is 0. The van der Waals surface area contributed by atoms with Crippen LogP contribution in [0.15, 0.2) is 48.7 Å². The highest BCUT2D eigenvalue weighted by Gasteiger charge is 2.21. The minimum atomic E-state index is -1.07. The van der Waals surface area contributed by atoms with Crippen molar-refractivity contribution in [2.24, 2.45) is 5.73 Å². The maximum absolute atomic E-state index is 11.4. The van der Waals surface area contributed by atoms with Crippen LogP contribution in [0.3, 0.4) is 0 Å². The quantitative estimate of drug-likeness (QED) is 0.762. The van der Waals surface area contributed by atoms with E-state index in [1.807, 2.05) is 0 Å². The second kappa shape index (κ2) is 5.83. The number of primary amides is 1. The molecule has 4 N–H and O–H groups in total. The molecule has 2 rings (SSSR count). The minimum Gasteiger partial charge on any atom is -0.479 e. The molecule has 0 bridgehead atoms. The molecule has 0 aliphatic heterocycles. The first-order chi connectivity index (χ1) is 9.59. The number of nitrogens with one attached hydrogen (secondary N) is 1. The number of hydrogen-bond donors (Lipinski definition) is 3. The molecule has 20 heavy (non-hydrogen) atoms. The van der Waals surface area contributed by atoms with E-state index in [2.05, 4.69) is 10.3 Å². The summed E-state index contributed by atoms with van der Waals surface area (Å²) in [5.74, 6) is -1.59. The number of aliphatic carboxylic acids is 1. The van der Waals surface area contributed by atoms with E-state index >= 15 is 0 Å². The predicted octanol–water partition coefficient (Wildman–Crippen LogP) is 1.42. The molecule has 102 valence electrons. The average molecular weight is 271 g/mol. The zero-order valence-corrected chi connectivity index (χ0v) is 10.5. The number of anilines is 1. The molecular weight excluding hydrogens is 258 g/mol. The molecule has 0 aliphatic rings. The number of carbonyl (C=O) groups is 2. The van der Waals surface area contributed by atoms with Crippen LogP contribution in [0.1, 0.15) is 22.0 Å². The van der Waals surface area contributed by atoms with Gasteiger partial charge in [0.2, 0.25) is 0 Å². The lowest BCUT2D eigenvalue weighted by atomic mass is 10.1. The second-order valence-electron chi connectivity index (χ2n) is 4.09. The van der Waals surface area contributed by atoms with Crippen LogP contribution in [0.2, 0.25) is 0 Å². The second-order valence-corrected chi connectivity index (χ2v) is 4.09. The van der Waals surface area contributed by atoms with Gasteiger partial charge in [-0.15, -0.1) is 0 Å². The molecule has 1 aromatic carbocycles. The minimum absolute atomic E-state index is 0.148. The normalized spacial score (nSPS) is 11.6. The third-order valence-electron chi connectivity index (χ3n) is 2.73. The number of carboxylic acids is 1. The van der Waals surface area contributed by atoms with E-state index in [1.165, 1.54) is 12.3 Å². The van der Waals surface area contributed by atoms with Gasteiger partial charge in [-0.05, 0) is 17.7 Å². The monoisotopic (exact) mass is 271 g/mol. The fourth-order valence-electron chi connectivity index (χ4n) is 1.79. The lowest BCUT2D eigenvalue weighted by molar-refractivity contribution is -0.138. The Labute approximate surface area is 115 Å². The molecule has 0 radical (unpaired) electrons. The van der Waals surface area contributed by atoms with E-state index in [0.717, 1.165) is 0 Å². The number of nitrogens with two attached hydrogens (primary N) is 1. The Balaban J connectivity index is 2.35. The van der Waals surface area contributed by atoms with Crippen LogP contribution in [0.5, 0.6) is 0 Å². The molecule has 1 heterocycles. The number of benzene rings is 1. The molecule has 0 spiro atoms. The van der Waals surface area contributed by atoms with Crippen LogP contribution in [0, 0.1) is 0 Å². The number of hydrogen-bond acceptors (Lipinski definition) is 4. The zero-order valence-electron chi connectivity index (χ0n) is 10.5. The lowest BCUT2D eigenvalue weighted by Crippen LogP contribution is -2.23. The molecule has 1 atom stereocenters. The average Bonchev–Trinajstić information content (AvgIpc) is 2.45. The number of amides is 1. The molecule has 0 fully saturated rings. The van der Waals surface area contributed by atoms with Crippen molar-refractivity contribution in [1.29, 1.82) is 0 Å². The number of carbonyl (C=O) groups excluding carboxylic acids is 1. The standard InChI is InChI=1S/C14H13N3O3/c15-12(18)10-7-4-8-16-13(10)17-11(14(19)20)9-5-2-1-3-6-9/h1-8,11H,(H2,15,18)(H,16,17)(H,19,20). The Morgan fingerprint density at radius 1 is 1.15 bits per heavy atom. The highest BCUT2D eigenvalue weighted by molar-refractivity contribution is 5.98. The molecular formula is C14H13N3O3. The third-order valence-corrected chi connectivity index (χ3v) is 2.73. The van der Waals surface area contributed by atoms with Gasteiger partial charge in [0, 0.05) is 6.20 Å². The summed E-state index contributed by atoms with van der Waals surface area (Å²) in [6.45, 7) is 0. The van der Waals surface area contributed by atoms with Crippen molar-refractivity contribution in [3.63, 3.8) is 0 Å². The van der Waals surface area contributed by atoms with Crippen molar-refractivity contribution < 1.29 is 14.7 Å². The molecule has 1 amide bonds. The third kappa shape index (κ3) is 2.92. The summed E-state index contributed by atoms with van der Waals surface area (Å²) in [4.78, 5) is 26.7. The van der Waals surface area contributed by atoms with Gasteiger partial charge >= 0.3 is 5.97 Å². The fourth-order valence-corrected chi connectivity index (χ4v) is 1.79. The molecule has 1 aromatic heterocycles. The summed E-state index contributed by atoms with van der Waals surface area (Å²) >= 11 is 0. The number of nitrogens with zero attached hydrogens (tertiary/aromatic N) is 1. The smallest absolute Gasteiger partial charge is 0.330 e. The van der Waals surface area contributed by atoms with Crippen molar-refractivity contribution in [3.8, 4) is 0 Å². The van der Waals surface area contributed by atoms with E-state index in [1.54, 1.807) is 36.4 Å². The summed E-state index contributed by atoms with van der Waals surface area (Å²) in [5, 5.41) is 12.0. The summed E-state index contributed by atoms with van der Waals surface area (Å²) in [6, 6.07) is 10.7. The maximum atomic E-state index is 11.4. The van der Waals surface area contributed by atoms with Gasteiger partial charge < -0.3 is 16.2 Å². The molecule has 0 aliphatic carbocycles. The Bertz CT molecular complexity index is 629. The highest BCUT2D eigenvalue weighted by atomic mass is 16.4. The van der Waals surface area contributed by atoms with Gasteiger partial charge in [0.05, 0.1) is 5.56 Å². The first-order valence-electron chi connectivity index (χ1n) is 5.88. The van der Waals surface area contributed by atoms with Crippen LogP contribution in [-0.4, -0.2) is 22.0 Å². The molecule has 1 unspecified atom stereocenters. The number of aromatic nitrogens is 1. The zero-order chi connectivity index (χ0) is 14.5. The van der Waals surface area contributed by atoms with Crippen molar-refractivity contribution in [2.45, 2.75) is 6.04 Å². The number of pyridine rings is 1. The first kappa shape index (κ1) is 13.5. The Hall–Kier alpha value is -2.89. The molecule has 0 saturated heterocycles. The molecule has 6 nitrogen and oxygen atoms in total. The van der Waals surface area contributed by atoms with Gasteiger partial charge in [-0.25, -0.2) is 9.78 Å². The Morgan fingerprint density at radius 2 is 1.85 bits per heavy atom. The largest absolute Gasteiger partial charge is 0.479 e. The van der Waals surface area contributed by atoms with Crippen molar-refractivity contribution in [3.05, 3.63) is 59.8 Å². The van der Waals surface area contributed by atoms with E-state index in [4.69, 9.17) is 5.73 Å². The van der Waals surface area contributed by atoms with Crippen LogP contribution in [0.4, 0.5) is 5.82 Å². The number of carboxylic acid groups (broad SMARTS) is 1. The fraction of sp³-hybridized carbons (Fsp3) is 0.0714. The van der Waals surface area contributed by atoms with Crippen LogP contribution in [0.25, 0.3) is 0 Å². The van der Waals surface area contributed by atoms with E-state index < -0.39 is 17.9 Å². The van der Waals surface area contributed by atoms with E-state index in [0.29, 0.717) is 5.56 Å². The molecule has 0 saturated carbocycles. The van der Waals surface area contributed by atoms with Crippen LogP contribution < -0.4 is 11.1 Å². The summed E-state index contributed by atoms with van der Waals surface area (Å²) in [6.07, 6.45) is 1.46.